The minimum atomic E-state index is -0.845. The summed E-state index contributed by atoms with van der Waals surface area (Å²) < 4.78 is 0. The van der Waals surface area contributed by atoms with E-state index in [0.717, 1.165) is 30.6 Å². The summed E-state index contributed by atoms with van der Waals surface area (Å²) in [7, 11) is 0. The standard InChI is InChI=1S/C20H27N3O4/c1-14-10-16(19(25)26)13-22(12-14)20(27)21-11-15-5-7-17(8-6-15)23-9-3-2-4-18(23)24/h5-8,14,16H,2-4,9-13H2,1H3,(H,21,27)(H,25,26). The number of nitrogens with zero attached hydrogens (tertiary/aromatic N) is 2. The summed E-state index contributed by atoms with van der Waals surface area (Å²) in [6, 6.07) is 7.41. The van der Waals surface area contributed by atoms with Gasteiger partial charge in [0.2, 0.25) is 5.91 Å². The van der Waals surface area contributed by atoms with Crippen molar-refractivity contribution in [2.75, 3.05) is 24.5 Å². The number of carboxylic acids is 1. The van der Waals surface area contributed by atoms with Gasteiger partial charge in [0, 0.05) is 38.3 Å². The fraction of sp³-hybridized carbons (Fsp3) is 0.550. The Bertz CT molecular complexity index is 704. The molecule has 2 saturated heterocycles. The fourth-order valence-electron chi connectivity index (χ4n) is 3.86. The molecule has 7 heteroatoms. The van der Waals surface area contributed by atoms with Crippen LogP contribution in [0, 0.1) is 11.8 Å². The lowest BCUT2D eigenvalue weighted by molar-refractivity contribution is -0.143. The summed E-state index contributed by atoms with van der Waals surface area (Å²) in [6.45, 7) is 3.92. The van der Waals surface area contributed by atoms with Gasteiger partial charge in [0.15, 0.2) is 0 Å². The Kier molecular flexibility index (Phi) is 5.98. The van der Waals surface area contributed by atoms with E-state index in [2.05, 4.69) is 5.32 Å². The Balaban J connectivity index is 1.54. The number of aliphatic carboxylic acids is 1. The van der Waals surface area contributed by atoms with Gasteiger partial charge in [-0.25, -0.2) is 4.79 Å². The third-order valence-corrected chi connectivity index (χ3v) is 5.31. The van der Waals surface area contributed by atoms with Gasteiger partial charge in [-0.15, -0.1) is 0 Å². The molecule has 3 amide bonds. The van der Waals surface area contributed by atoms with Crippen LogP contribution in [0.15, 0.2) is 24.3 Å². The van der Waals surface area contributed by atoms with Gasteiger partial charge in [0.1, 0.15) is 0 Å². The highest BCUT2D eigenvalue weighted by atomic mass is 16.4. The third-order valence-electron chi connectivity index (χ3n) is 5.31. The highest BCUT2D eigenvalue weighted by molar-refractivity contribution is 5.93. The molecule has 2 heterocycles. The molecule has 0 saturated carbocycles. The minimum Gasteiger partial charge on any atom is -0.481 e. The Morgan fingerprint density at radius 3 is 2.59 bits per heavy atom. The average molecular weight is 373 g/mol. The van der Waals surface area contributed by atoms with E-state index >= 15 is 0 Å². The molecular weight excluding hydrogens is 346 g/mol. The second kappa shape index (κ2) is 8.41. The van der Waals surface area contributed by atoms with Crippen LogP contribution in [-0.2, 0) is 16.1 Å². The molecule has 7 nitrogen and oxygen atoms in total. The van der Waals surface area contributed by atoms with E-state index in [0.29, 0.717) is 25.9 Å². The van der Waals surface area contributed by atoms with Crippen molar-refractivity contribution in [2.24, 2.45) is 11.8 Å². The smallest absolute Gasteiger partial charge is 0.317 e. The first kappa shape index (κ1) is 19.2. The van der Waals surface area contributed by atoms with Gasteiger partial charge >= 0.3 is 12.0 Å². The lowest BCUT2D eigenvalue weighted by atomic mass is 9.91. The molecule has 146 valence electrons. The molecule has 2 N–H and O–H groups in total. The van der Waals surface area contributed by atoms with Crippen LogP contribution in [0.5, 0.6) is 0 Å². The molecule has 2 fully saturated rings. The number of nitrogens with one attached hydrogen (secondary N) is 1. The van der Waals surface area contributed by atoms with E-state index in [1.54, 1.807) is 4.90 Å². The first-order chi connectivity index (χ1) is 12.9. The summed E-state index contributed by atoms with van der Waals surface area (Å²) in [5, 5.41) is 12.1. The lowest BCUT2D eigenvalue weighted by Gasteiger charge is -2.34. The number of benzene rings is 1. The summed E-state index contributed by atoms with van der Waals surface area (Å²) in [4.78, 5) is 39.1. The van der Waals surface area contributed by atoms with Crippen LogP contribution < -0.4 is 10.2 Å². The zero-order chi connectivity index (χ0) is 19.4. The topological polar surface area (TPSA) is 89.9 Å². The van der Waals surface area contributed by atoms with Gasteiger partial charge in [-0.3, -0.25) is 9.59 Å². The Hall–Kier alpha value is -2.57. The van der Waals surface area contributed by atoms with E-state index < -0.39 is 11.9 Å². The number of carbonyl (C=O) groups excluding carboxylic acids is 2. The molecule has 0 aromatic heterocycles. The summed E-state index contributed by atoms with van der Waals surface area (Å²) in [5.41, 5.74) is 1.83. The maximum Gasteiger partial charge on any atom is 0.317 e. The van der Waals surface area contributed by atoms with Crippen LogP contribution >= 0.6 is 0 Å². The summed E-state index contributed by atoms with van der Waals surface area (Å²) in [6.07, 6.45) is 3.19. The first-order valence-corrected chi connectivity index (χ1v) is 9.59. The third kappa shape index (κ3) is 4.78. The van der Waals surface area contributed by atoms with E-state index in [9.17, 15) is 19.5 Å². The van der Waals surface area contributed by atoms with Crippen LogP contribution in [0.2, 0.25) is 0 Å². The quantitative estimate of drug-likeness (QED) is 0.848. The minimum absolute atomic E-state index is 0.162. The number of carbonyl (C=O) groups is 3. The van der Waals surface area contributed by atoms with Crippen LogP contribution in [0.3, 0.4) is 0 Å². The molecule has 1 aromatic carbocycles. The number of piperidine rings is 2. The molecular formula is C20H27N3O4. The van der Waals surface area contributed by atoms with Crippen molar-refractivity contribution >= 4 is 23.6 Å². The molecule has 2 atom stereocenters. The fourth-order valence-corrected chi connectivity index (χ4v) is 3.86. The Labute approximate surface area is 159 Å². The van der Waals surface area contributed by atoms with Crippen LogP contribution in [0.4, 0.5) is 10.5 Å². The Morgan fingerprint density at radius 1 is 1.19 bits per heavy atom. The molecule has 3 rings (SSSR count). The van der Waals surface area contributed by atoms with Gasteiger partial charge in [0.25, 0.3) is 0 Å². The zero-order valence-electron chi connectivity index (χ0n) is 15.7. The number of rotatable bonds is 4. The van der Waals surface area contributed by atoms with E-state index in [1.807, 2.05) is 36.1 Å². The van der Waals surface area contributed by atoms with Crippen LogP contribution in [-0.4, -0.2) is 47.5 Å². The number of hydrogen-bond acceptors (Lipinski definition) is 3. The predicted molar refractivity (Wildman–Crippen MR) is 101 cm³/mol. The maximum absolute atomic E-state index is 12.4. The van der Waals surface area contributed by atoms with Crippen molar-refractivity contribution in [3.63, 3.8) is 0 Å². The maximum atomic E-state index is 12.4. The van der Waals surface area contributed by atoms with Gasteiger partial charge in [0.05, 0.1) is 5.92 Å². The number of likely N-dealkylation sites (tertiary alicyclic amines) is 1. The Morgan fingerprint density at radius 2 is 1.93 bits per heavy atom. The lowest BCUT2D eigenvalue weighted by Crippen LogP contribution is -2.49. The second-order valence-electron chi connectivity index (χ2n) is 7.61. The molecule has 2 unspecified atom stereocenters. The monoisotopic (exact) mass is 373 g/mol. The van der Waals surface area contributed by atoms with E-state index in [1.165, 1.54) is 0 Å². The number of amides is 3. The zero-order valence-corrected chi connectivity index (χ0v) is 15.7. The number of anilines is 1. The normalized spacial score (nSPS) is 23.2. The van der Waals surface area contributed by atoms with Crippen molar-refractivity contribution in [3.8, 4) is 0 Å². The highest BCUT2D eigenvalue weighted by Gasteiger charge is 2.31. The first-order valence-electron chi connectivity index (χ1n) is 9.59. The molecule has 2 aliphatic rings. The SMILES string of the molecule is CC1CC(C(=O)O)CN(C(=O)NCc2ccc(N3CCCCC3=O)cc2)C1. The highest BCUT2D eigenvalue weighted by Crippen LogP contribution is 2.23. The number of hydrogen-bond donors (Lipinski definition) is 2. The largest absolute Gasteiger partial charge is 0.481 e. The van der Waals surface area contributed by atoms with Gasteiger partial charge in [-0.05, 0) is 42.9 Å². The van der Waals surface area contributed by atoms with Crippen molar-refractivity contribution in [3.05, 3.63) is 29.8 Å². The molecule has 0 radical (unpaired) electrons. The van der Waals surface area contributed by atoms with Crippen LogP contribution in [0.25, 0.3) is 0 Å². The second-order valence-corrected chi connectivity index (χ2v) is 7.61. The van der Waals surface area contributed by atoms with Crippen molar-refractivity contribution in [1.82, 2.24) is 10.2 Å². The van der Waals surface area contributed by atoms with Crippen LogP contribution in [0.1, 0.15) is 38.2 Å². The molecule has 0 aliphatic carbocycles. The van der Waals surface area contributed by atoms with Crippen molar-refractivity contribution < 1.29 is 19.5 Å². The molecule has 27 heavy (non-hydrogen) atoms. The average Bonchev–Trinajstić information content (AvgIpc) is 2.66. The summed E-state index contributed by atoms with van der Waals surface area (Å²) in [5.74, 6) is -1.01. The van der Waals surface area contributed by atoms with Gasteiger partial charge < -0.3 is 20.2 Å². The van der Waals surface area contributed by atoms with E-state index in [-0.39, 0.29) is 24.4 Å². The molecule has 0 spiro atoms. The predicted octanol–water partition coefficient (Wildman–Crippen LogP) is 2.46. The van der Waals surface area contributed by atoms with Gasteiger partial charge in [-0.2, -0.15) is 0 Å². The van der Waals surface area contributed by atoms with Crippen molar-refractivity contribution in [1.29, 1.82) is 0 Å². The van der Waals surface area contributed by atoms with Gasteiger partial charge in [-0.1, -0.05) is 19.1 Å². The number of carboxylic acid groups (broad SMARTS) is 1. The van der Waals surface area contributed by atoms with E-state index in [4.69, 9.17) is 0 Å². The summed E-state index contributed by atoms with van der Waals surface area (Å²) >= 11 is 0. The molecule has 2 aliphatic heterocycles. The number of urea groups is 1. The van der Waals surface area contributed by atoms with Crippen molar-refractivity contribution in [2.45, 2.75) is 39.2 Å². The molecule has 1 aromatic rings. The molecule has 0 bridgehead atoms.